The first-order valence-corrected chi connectivity index (χ1v) is 4.38. The first kappa shape index (κ1) is 9.98. The Morgan fingerprint density at radius 3 is 2.85 bits per heavy atom. The molecule has 5 heteroatoms. The SMILES string of the molecule is Cc1c(Br)cc(C=O)n1CC(=O)O. The lowest BCUT2D eigenvalue weighted by atomic mass is 10.4. The molecule has 0 saturated carbocycles. The van der Waals surface area contributed by atoms with Crippen molar-refractivity contribution < 1.29 is 14.7 Å². The maximum atomic E-state index is 10.5. The maximum absolute atomic E-state index is 10.5. The molecule has 1 N–H and O–H groups in total. The van der Waals surface area contributed by atoms with Crippen LogP contribution in [0.25, 0.3) is 0 Å². The van der Waals surface area contributed by atoms with E-state index in [9.17, 15) is 9.59 Å². The van der Waals surface area contributed by atoms with Crippen LogP contribution in [0.15, 0.2) is 10.5 Å². The summed E-state index contributed by atoms with van der Waals surface area (Å²) in [7, 11) is 0. The van der Waals surface area contributed by atoms with E-state index in [1.807, 2.05) is 0 Å². The van der Waals surface area contributed by atoms with Crippen molar-refractivity contribution in [3.05, 3.63) is 21.9 Å². The van der Waals surface area contributed by atoms with Crippen LogP contribution < -0.4 is 0 Å². The summed E-state index contributed by atoms with van der Waals surface area (Å²) in [4.78, 5) is 21.0. The summed E-state index contributed by atoms with van der Waals surface area (Å²) in [5.41, 5.74) is 1.11. The van der Waals surface area contributed by atoms with Crippen molar-refractivity contribution >= 4 is 28.2 Å². The van der Waals surface area contributed by atoms with Crippen molar-refractivity contribution in [1.29, 1.82) is 0 Å². The molecule has 0 aliphatic heterocycles. The zero-order chi connectivity index (χ0) is 10.0. The summed E-state index contributed by atoms with van der Waals surface area (Å²) in [5, 5.41) is 8.57. The topological polar surface area (TPSA) is 59.3 Å². The van der Waals surface area contributed by atoms with E-state index in [0.29, 0.717) is 12.0 Å². The third-order valence-corrected chi connectivity index (χ3v) is 2.55. The normalized spacial score (nSPS) is 10.0. The van der Waals surface area contributed by atoms with Crippen LogP contribution in [0.1, 0.15) is 16.2 Å². The monoisotopic (exact) mass is 245 g/mol. The fraction of sp³-hybridized carbons (Fsp3) is 0.250. The summed E-state index contributed by atoms with van der Waals surface area (Å²) >= 11 is 3.22. The lowest BCUT2D eigenvalue weighted by Crippen LogP contribution is -2.12. The summed E-state index contributed by atoms with van der Waals surface area (Å²) < 4.78 is 2.19. The van der Waals surface area contributed by atoms with Crippen LogP contribution in [-0.4, -0.2) is 21.9 Å². The van der Waals surface area contributed by atoms with Gasteiger partial charge in [0.1, 0.15) is 6.54 Å². The maximum Gasteiger partial charge on any atom is 0.323 e. The highest BCUT2D eigenvalue weighted by Gasteiger charge is 2.11. The number of carbonyl (C=O) groups excluding carboxylic acids is 1. The van der Waals surface area contributed by atoms with E-state index in [-0.39, 0.29) is 6.54 Å². The first-order valence-electron chi connectivity index (χ1n) is 3.59. The van der Waals surface area contributed by atoms with Gasteiger partial charge in [-0.25, -0.2) is 0 Å². The molecule has 0 saturated heterocycles. The van der Waals surface area contributed by atoms with E-state index in [0.717, 1.165) is 10.2 Å². The van der Waals surface area contributed by atoms with E-state index in [4.69, 9.17) is 5.11 Å². The Morgan fingerprint density at radius 2 is 2.38 bits per heavy atom. The van der Waals surface area contributed by atoms with Gasteiger partial charge in [-0.1, -0.05) is 0 Å². The van der Waals surface area contributed by atoms with Crippen molar-refractivity contribution in [1.82, 2.24) is 4.57 Å². The van der Waals surface area contributed by atoms with Gasteiger partial charge in [-0.15, -0.1) is 0 Å². The highest BCUT2D eigenvalue weighted by molar-refractivity contribution is 9.10. The average Bonchev–Trinajstić information content (AvgIpc) is 2.31. The number of hydrogen-bond acceptors (Lipinski definition) is 2. The molecule has 0 aliphatic carbocycles. The van der Waals surface area contributed by atoms with Crippen molar-refractivity contribution in [2.75, 3.05) is 0 Å². The van der Waals surface area contributed by atoms with E-state index in [1.165, 1.54) is 4.57 Å². The zero-order valence-electron chi connectivity index (χ0n) is 6.95. The van der Waals surface area contributed by atoms with Gasteiger partial charge in [0.05, 0.1) is 5.69 Å². The number of carbonyl (C=O) groups is 2. The number of aromatic nitrogens is 1. The highest BCUT2D eigenvalue weighted by Crippen LogP contribution is 2.19. The Labute approximate surface area is 83.3 Å². The summed E-state index contributed by atoms with van der Waals surface area (Å²) in [6.45, 7) is 1.56. The fourth-order valence-electron chi connectivity index (χ4n) is 1.08. The molecule has 0 spiro atoms. The highest BCUT2D eigenvalue weighted by atomic mass is 79.9. The molecule has 70 valence electrons. The lowest BCUT2D eigenvalue weighted by molar-refractivity contribution is -0.137. The van der Waals surface area contributed by atoms with Crippen molar-refractivity contribution in [3.63, 3.8) is 0 Å². The first-order chi connectivity index (χ1) is 6.06. The van der Waals surface area contributed by atoms with Gasteiger partial charge in [0.15, 0.2) is 6.29 Å². The van der Waals surface area contributed by atoms with Crippen molar-refractivity contribution in [2.24, 2.45) is 0 Å². The zero-order valence-corrected chi connectivity index (χ0v) is 8.54. The van der Waals surface area contributed by atoms with E-state index in [2.05, 4.69) is 15.9 Å². The van der Waals surface area contributed by atoms with Crippen LogP contribution in [0.5, 0.6) is 0 Å². The predicted molar refractivity (Wildman–Crippen MR) is 49.9 cm³/mol. The summed E-state index contributed by atoms with van der Waals surface area (Å²) in [6, 6.07) is 1.60. The summed E-state index contributed by atoms with van der Waals surface area (Å²) in [6.07, 6.45) is 0.640. The number of carboxylic acids is 1. The lowest BCUT2D eigenvalue weighted by Gasteiger charge is -2.03. The molecule has 0 fully saturated rings. The Balaban J connectivity index is 3.15. The predicted octanol–water partition coefficient (Wildman–Crippen LogP) is 1.46. The molecule has 1 aromatic heterocycles. The molecule has 0 aliphatic rings. The van der Waals surface area contributed by atoms with Crippen LogP contribution >= 0.6 is 15.9 Å². The van der Waals surface area contributed by atoms with E-state index in [1.54, 1.807) is 13.0 Å². The minimum atomic E-state index is -0.964. The minimum absolute atomic E-state index is 0.189. The van der Waals surface area contributed by atoms with E-state index < -0.39 is 5.97 Å². The number of hydrogen-bond donors (Lipinski definition) is 1. The molecule has 0 unspecified atom stereocenters. The van der Waals surface area contributed by atoms with Gasteiger partial charge in [0.25, 0.3) is 0 Å². The molecule has 1 heterocycles. The molecule has 13 heavy (non-hydrogen) atoms. The fourth-order valence-corrected chi connectivity index (χ4v) is 1.53. The Hall–Kier alpha value is -1.10. The van der Waals surface area contributed by atoms with Gasteiger partial charge >= 0.3 is 5.97 Å². The molecule has 1 aromatic rings. The van der Waals surface area contributed by atoms with E-state index >= 15 is 0 Å². The molecule has 4 nitrogen and oxygen atoms in total. The molecule has 0 amide bonds. The molecular weight excluding hydrogens is 238 g/mol. The Kier molecular flexibility index (Phi) is 2.87. The molecule has 1 rings (SSSR count). The van der Waals surface area contributed by atoms with Gasteiger partial charge in [0, 0.05) is 10.2 Å². The average molecular weight is 246 g/mol. The van der Waals surface area contributed by atoms with Gasteiger partial charge in [0.2, 0.25) is 0 Å². The van der Waals surface area contributed by atoms with Gasteiger partial charge in [-0.2, -0.15) is 0 Å². The minimum Gasteiger partial charge on any atom is -0.480 e. The molecular formula is C8H8BrNO3. The smallest absolute Gasteiger partial charge is 0.323 e. The third-order valence-electron chi connectivity index (χ3n) is 1.75. The largest absolute Gasteiger partial charge is 0.480 e. The molecule has 0 bridgehead atoms. The third kappa shape index (κ3) is 1.98. The standard InChI is InChI=1S/C8H8BrNO3/c1-5-7(9)2-6(4-11)10(5)3-8(12)13/h2,4H,3H2,1H3,(H,12,13). The number of carboxylic acid groups (broad SMARTS) is 1. The second kappa shape index (κ2) is 3.74. The van der Waals surface area contributed by atoms with Gasteiger partial charge in [-0.3, -0.25) is 9.59 Å². The van der Waals surface area contributed by atoms with Crippen LogP contribution in [0.2, 0.25) is 0 Å². The number of rotatable bonds is 3. The second-order valence-electron chi connectivity index (χ2n) is 2.60. The number of nitrogens with zero attached hydrogens (tertiary/aromatic N) is 1. The van der Waals surface area contributed by atoms with Crippen LogP contribution in [-0.2, 0) is 11.3 Å². The quantitative estimate of drug-likeness (QED) is 0.821. The number of halogens is 1. The molecule has 0 radical (unpaired) electrons. The molecule has 0 aromatic carbocycles. The van der Waals surface area contributed by atoms with Crippen LogP contribution in [0.4, 0.5) is 0 Å². The Morgan fingerprint density at radius 1 is 1.77 bits per heavy atom. The van der Waals surface area contributed by atoms with Crippen molar-refractivity contribution in [2.45, 2.75) is 13.5 Å². The van der Waals surface area contributed by atoms with Crippen molar-refractivity contribution in [3.8, 4) is 0 Å². The Bertz CT molecular complexity index is 357. The van der Waals surface area contributed by atoms with Gasteiger partial charge < -0.3 is 9.67 Å². The summed E-state index contributed by atoms with van der Waals surface area (Å²) in [5.74, 6) is -0.964. The number of aliphatic carboxylic acids is 1. The molecule has 0 atom stereocenters. The van der Waals surface area contributed by atoms with Gasteiger partial charge in [-0.05, 0) is 28.9 Å². The number of aldehydes is 1. The second-order valence-corrected chi connectivity index (χ2v) is 3.45. The van der Waals surface area contributed by atoms with Crippen LogP contribution in [0, 0.1) is 6.92 Å². The van der Waals surface area contributed by atoms with Crippen LogP contribution in [0.3, 0.4) is 0 Å².